The molecule has 0 fully saturated rings. The number of hydrogen-bond donors (Lipinski definition) is 2. The van der Waals surface area contributed by atoms with Gasteiger partial charge in [-0.1, -0.05) is 11.6 Å². The van der Waals surface area contributed by atoms with Crippen LogP contribution >= 0.6 is 0 Å². The van der Waals surface area contributed by atoms with E-state index in [4.69, 9.17) is 4.74 Å². The zero-order valence-corrected chi connectivity index (χ0v) is 11.8. The van der Waals surface area contributed by atoms with Crippen molar-refractivity contribution in [1.29, 1.82) is 0 Å². The van der Waals surface area contributed by atoms with Crippen LogP contribution in [0.15, 0.2) is 42.5 Å². The summed E-state index contributed by atoms with van der Waals surface area (Å²) in [6, 6.07) is 13.0. The molecule has 0 unspecified atom stereocenters. The van der Waals surface area contributed by atoms with E-state index in [9.17, 15) is 4.79 Å². The molecule has 0 aliphatic heterocycles. The second kappa shape index (κ2) is 5.28. The first-order valence-electron chi connectivity index (χ1n) is 6.57. The molecule has 2 N–H and O–H groups in total. The Morgan fingerprint density at radius 1 is 1.19 bits per heavy atom. The van der Waals surface area contributed by atoms with Gasteiger partial charge in [0.05, 0.1) is 12.6 Å². The van der Waals surface area contributed by atoms with Gasteiger partial charge in [-0.05, 0) is 43.3 Å². The predicted molar refractivity (Wildman–Crippen MR) is 81.8 cm³/mol. The van der Waals surface area contributed by atoms with Crippen LogP contribution in [0, 0.1) is 6.92 Å². The van der Waals surface area contributed by atoms with Gasteiger partial charge in [-0.15, -0.1) is 0 Å². The number of nitrogens with one attached hydrogen (secondary N) is 2. The summed E-state index contributed by atoms with van der Waals surface area (Å²) in [6.45, 7) is 1.98. The fourth-order valence-electron chi connectivity index (χ4n) is 2.17. The van der Waals surface area contributed by atoms with Crippen LogP contribution in [0.25, 0.3) is 10.9 Å². The zero-order chi connectivity index (χ0) is 14.8. The Morgan fingerprint density at radius 3 is 2.67 bits per heavy atom. The Balaban J connectivity index is 1.87. The Kier molecular flexibility index (Phi) is 3.31. The number of rotatable bonds is 3. The second-order valence-electron chi connectivity index (χ2n) is 4.80. The minimum atomic E-state index is -0.239. The van der Waals surface area contributed by atoms with Crippen molar-refractivity contribution in [2.45, 2.75) is 6.92 Å². The quantitative estimate of drug-likeness (QED) is 0.775. The summed E-state index contributed by atoms with van der Waals surface area (Å²) in [5.74, 6) is 0.505. The molecule has 0 radical (unpaired) electrons. The molecule has 5 heteroatoms. The zero-order valence-electron chi connectivity index (χ0n) is 11.8. The van der Waals surface area contributed by atoms with E-state index in [1.807, 2.05) is 25.1 Å². The lowest BCUT2D eigenvalue weighted by atomic mass is 10.1. The van der Waals surface area contributed by atoms with E-state index in [0.29, 0.717) is 11.4 Å². The number of ether oxygens (including phenoxy) is 1. The first kappa shape index (κ1) is 13.2. The molecule has 3 aromatic rings. The fourth-order valence-corrected chi connectivity index (χ4v) is 2.17. The van der Waals surface area contributed by atoms with E-state index in [2.05, 4.69) is 15.5 Å². The first-order valence-corrected chi connectivity index (χ1v) is 6.57. The molecule has 0 saturated heterocycles. The largest absolute Gasteiger partial charge is 0.497 e. The molecule has 2 aromatic carbocycles. The summed E-state index contributed by atoms with van der Waals surface area (Å²) in [5, 5.41) is 10.6. The molecular formula is C16H15N3O2. The van der Waals surface area contributed by atoms with Crippen molar-refractivity contribution in [2.24, 2.45) is 0 Å². The Bertz CT molecular complexity index is 791. The van der Waals surface area contributed by atoms with E-state index < -0.39 is 0 Å². The number of aromatic nitrogens is 2. The number of nitrogens with zero attached hydrogens (tertiary/aromatic N) is 1. The van der Waals surface area contributed by atoms with Gasteiger partial charge in [-0.2, -0.15) is 5.10 Å². The molecule has 21 heavy (non-hydrogen) atoms. The highest BCUT2D eigenvalue weighted by Crippen LogP contribution is 2.20. The highest BCUT2D eigenvalue weighted by atomic mass is 16.5. The number of fused-ring (bicyclic) bond motifs is 1. The topological polar surface area (TPSA) is 67.0 Å². The molecule has 0 atom stereocenters. The number of carbonyl (C=O) groups is 1. The molecule has 106 valence electrons. The van der Waals surface area contributed by atoms with Crippen molar-refractivity contribution in [3.63, 3.8) is 0 Å². The Hall–Kier alpha value is -2.82. The summed E-state index contributed by atoms with van der Waals surface area (Å²) in [4.78, 5) is 12.3. The fraction of sp³-hybridized carbons (Fsp3) is 0.125. The number of aromatic amines is 1. The molecular weight excluding hydrogens is 266 g/mol. The normalized spacial score (nSPS) is 10.6. The van der Waals surface area contributed by atoms with E-state index in [-0.39, 0.29) is 5.91 Å². The number of hydrogen-bond acceptors (Lipinski definition) is 3. The van der Waals surface area contributed by atoms with Gasteiger partial charge < -0.3 is 10.1 Å². The molecule has 0 spiro atoms. The van der Waals surface area contributed by atoms with E-state index in [1.165, 1.54) is 0 Å². The number of H-pyrrole nitrogens is 1. The minimum Gasteiger partial charge on any atom is -0.497 e. The van der Waals surface area contributed by atoms with Crippen LogP contribution in [0.2, 0.25) is 0 Å². The number of anilines is 1. The maximum atomic E-state index is 12.3. The van der Waals surface area contributed by atoms with Crippen LogP contribution in [0.3, 0.4) is 0 Å². The van der Waals surface area contributed by atoms with E-state index >= 15 is 0 Å². The van der Waals surface area contributed by atoms with Crippen LogP contribution in [-0.2, 0) is 0 Å². The van der Waals surface area contributed by atoms with Crippen molar-refractivity contribution >= 4 is 22.5 Å². The number of methoxy groups -OCH3 is 1. The Labute approximate surface area is 121 Å². The van der Waals surface area contributed by atoms with Gasteiger partial charge in [0.1, 0.15) is 5.75 Å². The molecule has 0 aliphatic rings. The van der Waals surface area contributed by atoms with Crippen LogP contribution in [0.4, 0.5) is 5.69 Å². The summed E-state index contributed by atoms with van der Waals surface area (Å²) >= 11 is 0. The highest BCUT2D eigenvalue weighted by molar-refractivity contribution is 6.11. The van der Waals surface area contributed by atoms with Crippen molar-refractivity contribution in [1.82, 2.24) is 10.2 Å². The molecule has 0 bridgehead atoms. The average molecular weight is 281 g/mol. The van der Waals surface area contributed by atoms with Gasteiger partial charge in [0, 0.05) is 11.1 Å². The molecule has 1 amide bonds. The third kappa shape index (κ3) is 2.58. The highest BCUT2D eigenvalue weighted by Gasteiger charge is 2.14. The van der Waals surface area contributed by atoms with Crippen LogP contribution < -0.4 is 10.1 Å². The standard InChI is InChI=1S/C16H15N3O2/c1-10-3-8-14-13(9-10)15(19-18-14)16(20)17-11-4-6-12(21-2)7-5-11/h3-9H,1-2H3,(H,17,20)(H,18,19). The number of carbonyl (C=O) groups excluding carboxylic acids is 1. The van der Waals surface area contributed by atoms with Crippen molar-refractivity contribution < 1.29 is 9.53 Å². The molecule has 1 aromatic heterocycles. The van der Waals surface area contributed by atoms with Crippen molar-refractivity contribution in [3.8, 4) is 5.75 Å². The van der Waals surface area contributed by atoms with Gasteiger partial charge in [-0.3, -0.25) is 9.89 Å². The summed E-state index contributed by atoms with van der Waals surface area (Å²) < 4.78 is 5.09. The van der Waals surface area contributed by atoms with Gasteiger partial charge in [0.2, 0.25) is 0 Å². The van der Waals surface area contributed by atoms with Crippen LogP contribution in [-0.4, -0.2) is 23.2 Å². The van der Waals surface area contributed by atoms with E-state index in [1.54, 1.807) is 31.4 Å². The second-order valence-corrected chi connectivity index (χ2v) is 4.80. The molecule has 0 aliphatic carbocycles. The van der Waals surface area contributed by atoms with Gasteiger partial charge in [-0.25, -0.2) is 0 Å². The minimum absolute atomic E-state index is 0.239. The monoisotopic (exact) mass is 281 g/mol. The van der Waals surface area contributed by atoms with E-state index in [0.717, 1.165) is 22.2 Å². The molecule has 1 heterocycles. The maximum absolute atomic E-state index is 12.3. The molecule has 5 nitrogen and oxygen atoms in total. The lowest BCUT2D eigenvalue weighted by Crippen LogP contribution is -2.12. The van der Waals surface area contributed by atoms with Crippen LogP contribution in [0.1, 0.15) is 16.1 Å². The van der Waals surface area contributed by atoms with Crippen molar-refractivity contribution in [2.75, 3.05) is 12.4 Å². The smallest absolute Gasteiger partial charge is 0.276 e. The van der Waals surface area contributed by atoms with Crippen molar-refractivity contribution in [3.05, 3.63) is 53.7 Å². The predicted octanol–water partition coefficient (Wildman–Crippen LogP) is 3.13. The van der Waals surface area contributed by atoms with Gasteiger partial charge in [0.25, 0.3) is 5.91 Å². The Morgan fingerprint density at radius 2 is 1.95 bits per heavy atom. The molecule has 0 saturated carbocycles. The summed E-state index contributed by atoms with van der Waals surface area (Å²) in [6.07, 6.45) is 0. The number of amides is 1. The number of aryl methyl sites for hydroxylation is 1. The third-order valence-corrected chi connectivity index (χ3v) is 3.28. The van der Waals surface area contributed by atoms with Gasteiger partial charge >= 0.3 is 0 Å². The number of benzene rings is 2. The lowest BCUT2D eigenvalue weighted by Gasteiger charge is -2.05. The summed E-state index contributed by atoms with van der Waals surface area (Å²) in [5.41, 5.74) is 3.02. The SMILES string of the molecule is COc1ccc(NC(=O)c2n[nH]c3ccc(C)cc23)cc1. The first-order chi connectivity index (χ1) is 10.2. The lowest BCUT2D eigenvalue weighted by molar-refractivity contribution is 0.102. The summed E-state index contributed by atoms with van der Waals surface area (Å²) in [7, 11) is 1.60. The van der Waals surface area contributed by atoms with Crippen LogP contribution in [0.5, 0.6) is 5.75 Å². The molecule has 3 rings (SSSR count). The maximum Gasteiger partial charge on any atom is 0.276 e. The van der Waals surface area contributed by atoms with Gasteiger partial charge in [0.15, 0.2) is 5.69 Å². The average Bonchev–Trinajstić information content (AvgIpc) is 2.91. The third-order valence-electron chi connectivity index (χ3n) is 3.28.